The standard InChI is InChI=1S/C11H16N4O5S/c1-14(6-7-21(2,19)20)11(16)8-4-3-5-9(15(17)18)10(8)13-12/h3-5,13H,6-7,12H2,1-2H3. The molecule has 0 saturated heterocycles. The SMILES string of the molecule is CN(CCS(C)(=O)=O)C(=O)c1cccc([N+](=O)[O-])c1NN. The summed E-state index contributed by atoms with van der Waals surface area (Å²) in [5, 5.41) is 10.9. The van der Waals surface area contributed by atoms with Gasteiger partial charge < -0.3 is 10.3 Å². The lowest BCUT2D eigenvalue weighted by Gasteiger charge is -2.18. The summed E-state index contributed by atoms with van der Waals surface area (Å²) in [6.07, 6.45) is 1.06. The van der Waals surface area contributed by atoms with E-state index in [1.165, 1.54) is 30.1 Å². The molecule has 1 amide bonds. The summed E-state index contributed by atoms with van der Waals surface area (Å²) in [5.41, 5.74) is 1.70. The largest absolute Gasteiger partial charge is 0.341 e. The number of carbonyl (C=O) groups excluding carboxylic acids is 1. The molecule has 116 valence electrons. The second-order valence-corrected chi connectivity index (χ2v) is 6.72. The van der Waals surface area contributed by atoms with Crippen molar-refractivity contribution >= 4 is 27.1 Å². The number of nitrogens with one attached hydrogen (secondary N) is 1. The third-order valence-corrected chi connectivity index (χ3v) is 3.68. The number of nitrogens with zero attached hydrogens (tertiary/aromatic N) is 2. The lowest BCUT2D eigenvalue weighted by Crippen LogP contribution is -2.32. The predicted molar refractivity (Wildman–Crippen MR) is 77.6 cm³/mol. The number of nitro groups is 1. The van der Waals surface area contributed by atoms with E-state index in [1.807, 2.05) is 0 Å². The summed E-state index contributed by atoms with van der Waals surface area (Å²) in [7, 11) is -1.81. The van der Waals surface area contributed by atoms with E-state index in [9.17, 15) is 23.3 Å². The zero-order chi connectivity index (χ0) is 16.2. The van der Waals surface area contributed by atoms with E-state index in [1.54, 1.807) is 0 Å². The summed E-state index contributed by atoms with van der Waals surface area (Å²) in [6, 6.07) is 3.94. The molecule has 0 aliphatic heterocycles. The maximum atomic E-state index is 12.2. The van der Waals surface area contributed by atoms with Crippen molar-refractivity contribution < 1.29 is 18.1 Å². The summed E-state index contributed by atoms with van der Waals surface area (Å²) >= 11 is 0. The normalized spacial score (nSPS) is 11.0. The molecule has 0 heterocycles. The predicted octanol–water partition coefficient (Wildman–Crippen LogP) is -0.00300. The topological polar surface area (TPSA) is 136 Å². The third kappa shape index (κ3) is 4.39. The second-order valence-electron chi connectivity index (χ2n) is 4.46. The molecular weight excluding hydrogens is 300 g/mol. The molecule has 9 nitrogen and oxygen atoms in total. The van der Waals surface area contributed by atoms with Gasteiger partial charge in [0.2, 0.25) is 0 Å². The zero-order valence-electron chi connectivity index (χ0n) is 11.6. The van der Waals surface area contributed by atoms with Crippen molar-refractivity contribution in [3.05, 3.63) is 33.9 Å². The van der Waals surface area contributed by atoms with Crippen LogP contribution in [0.3, 0.4) is 0 Å². The number of sulfone groups is 1. The number of carbonyl (C=O) groups is 1. The number of benzene rings is 1. The molecule has 21 heavy (non-hydrogen) atoms. The summed E-state index contributed by atoms with van der Waals surface area (Å²) in [4.78, 5) is 23.6. The highest BCUT2D eigenvalue weighted by atomic mass is 32.2. The minimum Gasteiger partial charge on any atom is -0.341 e. The van der Waals surface area contributed by atoms with E-state index < -0.39 is 20.7 Å². The number of nitrogens with two attached hydrogens (primary N) is 1. The first-order valence-electron chi connectivity index (χ1n) is 5.84. The van der Waals surface area contributed by atoms with Gasteiger partial charge in [-0.15, -0.1) is 0 Å². The van der Waals surface area contributed by atoms with Crippen molar-refractivity contribution in [1.29, 1.82) is 0 Å². The Morgan fingerprint density at radius 2 is 2.10 bits per heavy atom. The van der Waals surface area contributed by atoms with Crippen molar-refractivity contribution in [3.8, 4) is 0 Å². The van der Waals surface area contributed by atoms with Crippen LogP contribution in [0, 0.1) is 10.1 Å². The number of nitro benzene ring substituents is 1. The molecule has 3 N–H and O–H groups in total. The molecule has 0 unspecified atom stereocenters. The van der Waals surface area contributed by atoms with Crippen LogP contribution >= 0.6 is 0 Å². The van der Waals surface area contributed by atoms with Crippen LogP contribution in [-0.4, -0.2) is 49.7 Å². The molecule has 1 rings (SSSR count). The van der Waals surface area contributed by atoms with Gasteiger partial charge in [-0.2, -0.15) is 0 Å². The van der Waals surface area contributed by atoms with Gasteiger partial charge in [0.25, 0.3) is 11.6 Å². The lowest BCUT2D eigenvalue weighted by molar-refractivity contribution is -0.384. The quantitative estimate of drug-likeness (QED) is 0.428. The Bertz CT molecular complexity index is 659. The van der Waals surface area contributed by atoms with Crippen LogP contribution < -0.4 is 11.3 Å². The number of hydrogen-bond acceptors (Lipinski definition) is 7. The fraction of sp³-hybridized carbons (Fsp3) is 0.364. The Balaban J connectivity index is 3.07. The summed E-state index contributed by atoms with van der Waals surface area (Å²) in [6.45, 7) is -0.0234. The summed E-state index contributed by atoms with van der Waals surface area (Å²) in [5.74, 6) is 4.49. The molecule has 0 aliphatic rings. The van der Waals surface area contributed by atoms with Crippen LogP contribution in [0.5, 0.6) is 0 Å². The lowest BCUT2D eigenvalue weighted by atomic mass is 10.1. The number of para-hydroxylation sites is 1. The van der Waals surface area contributed by atoms with Gasteiger partial charge >= 0.3 is 0 Å². The van der Waals surface area contributed by atoms with Crippen LogP contribution in [0.15, 0.2) is 18.2 Å². The van der Waals surface area contributed by atoms with Crippen molar-refractivity contribution in [2.24, 2.45) is 5.84 Å². The summed E-state index contributed by atoms with van der Waals surface area (Å²) < 4.78 is 22.2. The van der Waals surface area contributed by atoms with Crippen LogP contribution in [0.2, 0.25) is 0 Å². The van der Waals surface area contributed by atoms with Gasteiger partial charge in [0.15, 0.2) is 0 Å². The minimum atomic E-state index is -3.21. The van der Waals surface area contributed by atoms with Crippen molar-refractivity contribution in [2.45, 2.75) is 0 Å². The highest BCUT2D eigenvalue weighted by molar-refractivity contribution is 7.90. The average molecular weight is 316 g/mol. The number of hydrogen-bond donors (Lipinski definition) is 2. The molecule has 0 radical (unpaired) electrons. The van der Waals surface area contributed by atoms with E-state index in [4.69, 9.17) is 5.84 Å². The highest BCUT2D eigenvalue weighted by Gasteiger charge is 2.23. The maximum Gasteiger partial charge on any atom is 0.294 e. The van der Waals surface area contributed by atoms with Crippen molar-refractivity contribution in [2.75, 3.05) is 31.0 Å². The highest BCUT2D eigenvalue weighted by Crippen LogP contribution is 2.28. The molecule has 0 spiro atoms. The van der Waals surface area contributed by atoms with Crippen molar-refractivity contribution in [1.82, 2.24) is 4.90 Å². The maximum absolute atomic E-state index is 12.2. The first-order valence-corrected chi connectivity index (χ1v) is 7.90. The molecular formula is C11H16N4O5S. The molecule has 0 aromatic heterocycles. The molecule has 0 saturated carbocycles. The van der Waals surface area contributed by atoms with Gasteiger partial charge in [0.1, 0.15) is 15.5 Å². The fourth-order valence-electron chi connectivity index (χ4n) is 1.63. The van der Waals surface area contributed by atoms with E-state index in [0.717, 1.165) is 6.26 Å². The Kier molecular flexibility index (Phi) is 5.22. The van der Waals surface area contributed by atoms with Crippen LogP contribution in [0.4, 0.5) is 11.4 Å². The molecule has 0 bridgehead atoms. The van der Waals surface area contributed by atoms with Gasteiger partial charge in [-0.3, -0.25) is 20.8 Å². The molecule has 0 aliphatic carbocycles. The molecule has 1 aromatic carbocycles. The molecule has 0 fully saturated rings. The zero-order valence-corrected chi connectivity index (χ0v) is 12.4. The number of amides is 1. The smallest absolute Gasteiger partial charge is 0.294 e. The van der Waals surface area contributed by atoms with E-state index in [-0.39, 0.29) is 29.2 Å². The first kappa shape index (κ1) is 16.9. The number of rotatable bonds is 6. The second kappa shape index (κ2) is 6.50. The van der Waals surface area contributed by atoms with Gasteiger partial charge in [0, 0.05) is 25.9 Å². The van der Waals surface area contributed by atoms with Crippen LogP contribution in [0.25, 0.3) is 0 Å². The van der Waals surface area contributed by atoms with E-state index >= 15 is 0 Å². The third-order valence-electron chi connectivity index (χ3n) is 2.76. The first-order chi connectivity index (χ1) is 9.67. The molecule has 1 aromatic rings. The molecule has 0 atom stereocenters. The number of anilines is 1. The van der Waals surface area contributed by atoms with Gasteiger partial charge in [-0.1, -0.05) is 6.07 Å². The Hall–Kier alpha value is -2.20. The van der Waals surface area contributed by atoms with Gasteiger partial charge in [-0.05, 0) is 6.07 Å². The van der Waals surface area contributed by atoms with Crippen LogP contribution in [0.1, 0.15) is 10.4 Å². The minimum absolute atomic E-state index is 0.00250. The molecule has 10 heteroatoms. The Morgan fingerprint density at radius 3 is 2.57 bits per heavy atom. The fourth-order valence-corrected chi connectivity index (χ4v) is 2.24. The monoisotopic (exact) mass is 316 g/mol. The average Bonchev–Trinajstić information content (AvgIpc) is 2.41. The van der Waals surface area contributed by atoms with Crippen LogP contribution in [-0.2, 0) is 9.84 Å². The van der Waals surface area contributed by atoms with E-state index in [2.05, 4.69) is 5.43 Å². The number of nitrogen functional groups attached to an aromatic ring is 1. The van der Waals surface area contributed by atoms with Gasteiger partial charge in [0.05, 0.1) is 16.2 Å². The Morgan fingerprint density at radius 1 is 1.48 bits per heavy atom. The Labute approximate surface area is 121 Å². The van der Waals surface area contributed by atoms with Gasteiger partial charge in [-0.25, -0.2) is 8.42 Å². The van der Waals surface area contributed by atoms with E-state index in [0.29, 0.717) is 0 Å². The van der Waals surface area contributed by atoms with Crippen molar-refractivity contribution in [3.63, 3.8) is 0 Å². The number of hydrazine groups is 1.